The van der Waals surface area contributed by atoms with Gasteiger partial charge in [-0.1, -0.05) is 18.2 Å². The maximum absolute atomic E-state index is 12.1. The maximum Gasteiger partial charge on any atom is 0.242 e. The quantitative estimate of drug-likeness (QED) is 0.787. The molecule has 2 aromatic rings. The van der Waals surface area contributed by atoms with Crippen LogP contribution in [0.2, 0.25) is 0 Å². The molecule has 0 saturated heterocycles. The molecule has 3 nitrogen and oxygen atoms in total. The van der Waals surface area contributed by atoms with Crippen LogP contribution in [-0.2, 0) is 11.2 Å². The normalized spacial score (nSPS) is 16.8. The van der Waals surface area contributed by atoms with Gasteiger partial charge in [0.15, 0.2) is 0 Å². The highest BCUT2D eigenvalue weighted by atomic mass is 35.5. The van der Waals surface area contributed by atoms with E-state index in [9.17, 15) is 4.79 Å². The van der Waals surface area contributed by atoms with Crippen molar-refractivity contribution in [2.75, 3.05) is 17.9 Å². The number of ether oxygens (including phenoxy) is 1. The van der Waals surface area contributed by atoms with E-state index in [2.05, 4.69) is 19.1 Å². The monoisotopic (exact) mass is 329 g/mol. The van der Waals surface area contributed by atoms with E-state index in [4.69, 9.17) is 16.3 Å². The summed E-state index contributed by atoms with van der Waals surface area (Å²) in [5, 5.41) is 0. The molecule has 0 N–H and O–H groups in total. The van der Waals surface area contributed by atoms with E-state index in [-0.39, 0.29) is 17.8 Å². The fraction of sp³-hybridized carbons (Fsp3) is 0.316. The van der Waals surface area contributed by atoms with E-state index in [1.165, 1.54) is 5.56 Å². The lowest BCUT2D eigenvalue weighted by Crippen LogP contribution is -2.42. The van der Waals surface area contributed by atoms with Crippen molar-refractivity contribution in [3.8, 4) is 16.9 Å². The van der Waals surface area contributed by atoms with Gasteiger partial charge < -0.3 is 9.64 Å². The highest BCUT2D eigenvalue weighted by Gasteiger charge is 2.27. The van der Waals surface area contributed by atoms with Gasteiger partial charge in [-0.15, -0.1) is 11.6 Å². The molecule has 1 atom stereocenters. The zero-order valence-corrected chi connectivity index (χ0v) is 14.1. The molecule has 0 fully saturated rings. The fourth-order valence-electron chi connectivity index (χ4n) is 3.16. The molecule has 2 aromatic carbocycles. The van der Waals surface area contributed by atoms with Crippen LogP contribution in [0.3, 0.4) is 0 Å². The molecule has 0 radical (unpaired) electrons. The van der Waals surface area contributed by atoms with Crippen LogP contribution in [-0.4, -0.2) is 24.9 Å². The number of carbonyl (C=O) groups is 1. The minimum absolute atomic E-state index is 0.0179. The second kappa shape index (κ2) is 6.63. The van der Waals surface area contributed by atoms with E-state index >= 15 is 0 Å². The second-order valence-electron chi connectivity index (χ2n) is 5.86. The Morgan fingerprint density at radius 1 is 1.22 bits per heavy atom. The largest absolute Gasteiger partial charge is 0.497 e. The van der Waals surface area contributed by atoms with E-state index < -0.39 is 0 Å². The average molecular weight is 330 g/mol. The Morgan fingerprint density at radius 2 is 1.91 bits per heavy atom. The lowest BCUT2D eigenvalue weighted by Gasteiger charge is -2.35. The third kappa shape index (κ3) is 3.06. The lowest BCUT2D eigenvalue weighted by molar-refractivity contribution is -0.116. The summed E-state index contributed by atoms with van der Waals surface area (Å²) < 4.78 is 5.20. The predicted octanol–water partition coefficient (Wildman–Crippen LogP) is 4.27. The van der Waals surface area contributed by atoms with Gasteiger partial charge in [-0.3, -0.25) is 4.79 Å². The van der Waals surface area contributed by atoms with E-state index in [0.717, 1.165) is 35.4 Å². The summed E-state index contributed by atoms with van der Waals surface area (Å²) in [4.78, 5) is 14.0. The molecule has 1 aliphatic heterocycles. The molecular weight excluding hydrogens is 310 g/mol. The number of nitrogens with zero attached hydrogens (tertiary/aromatic N) is 1. The van der Waals surface area contributed by atoms with Gasteiger partial charge in [-0.2, -0.15) is 0 Å². The molecule has 0 spiro atoms. The van der Waals surface area contributed by atoms with Crippen molar-refractivity contribution in [1.29, 1.82) is 0 Å². The summed E-state index contributed by atoms with van der Waals surface area (Å²) in [5.41, 5.74) is 4.49. The van der Waals surface area contributed by atoms with Crippen LogP contribution in [0, 0.1) is 0 Å². The van der Waals surface area contributed by atoms with Crippen molar-refractivity contribution in [3.05, 3.63) is 48.0 Å². The molecule has 23 heavy (non-hydrogen) atoms. The summed E-state index contributed by atoms with van der Waals surface area (Å²) in [6, 6.07) is 14.5. The Morgan fingerprint density at radius 3 is 2.57 bits per heavy atom. The molecule has 0 saturated carbocycles. The van der Waals surface area contributed by atoms with Crippen molar-refractivity contribution < 1.29 is 9.53 Å². The molecule has 1 amide bonds. The maximum atomic E-state index is 12.1. The number of methoxy groups -OCH3 is 1. The summed E-state index contributed by atoms with van der Waals surface area (Å²) in [6.45, 7) is 2.07. The molecule has 1 heterocycles. The number of benzene rings is 2. The van der Waals surface area contributed by atoms with Gasteiger partial charge >= 0.3 is 0 Å². The number of amides is 1. The van der Waals surface area contributed by atoms with Gasteiger partial charge in [0.1, 0.15) is 11.6 Å². The van der Waals surface area contributed by atoms with Gasteiger partial charge in [0.25, 0.3) is 0 Å². The highest BCUT2D eigenvalue weighted by Crippen LogP contribution is 2.34. The van der Waals surface area contributed by atoms with Crippen LogP contribution in [0.25, 0.3) is 11.1 Å². The van der Waals surface area contributed by atoms with Crippen LogP contribution in [0.15, 0.2) is 42.5 Å². The third-order valence-electron chi connectivity index (χ3n) is 4.42. The molecule has 0 bridgehead atoms. The van der Waals surface area contributed by atoms with Crippen LogP contribution < -0.4 is 9.64 Å². The first-order valence-electron chi connectivity index (χ1n) is 7.79. The minimum atomic E-state index is -0.0303. The Kier molecular flexibility index (Phi) is 4.58. The second-order valence-corrected chi connectivity index (χ2v) is 6.12. The number of alkyl halides is 1. The molecule has 3 rings (SSSR count). The highest BCUT2D eigenvalue weighted by molar-refractivity contribution is 6.29. The zero-order valence-electron chi connectivity index (χ0n) is 13.4. The molecule has 0 aromatic heterocycles. The number of aryl methyl sites for hydroxylation is 1. The Hall–Kier alpha value is -2.00. The van der Waals surface area contributed by atoms with Gasteiger partial charge in [-0.25, -0.2) is 0 Å². The zero-order chi connectivity index (χ0) is 16.4. The predicted molar refractivity (Wildman–Crippen MR) is 94.4 cm³/mol. The average Bonchev–Trinajstić information content (AvgIpc) is 2.60. The summed E-state index contributed by atoms with van der Waals surface area (Å²) >= 11 is 5.77. The van der Waals surface area contributed by atoms with Crippen molar-refractivity contribution in [3.63, 3.8) is 0 Å². The number of rotatable bonds is 3. The summed E-state index contributed by atoms with van der Waals surface area (Å²) in [6.07, 6.45) is 1.94. The van der Waals surface area contributed by atoms with Crippen molar-refractivity contribution in [2.24, 2.45) is 0 Å². The van der Waals surface area contributed by atoms with Crippen molar-refractivity contribution >= 4 is 23.2 Å². The molecule has 4 heteroatoms. The van der Waals surface area contributed by atoms with E-state index in [0.29, 0.717) is 0 Å². The molecule has 0 aliphatic carbocycles. The smallest absolute Gasteiger partial charge is 0.242 e. The van der Waals surface area contributed by atoms with E-state index in [1.54, 1.807) is 7.11 Å². The van der Waals surface area contributed by atoms with Crippen LogP contribution in [0.4, 0.5) is 5.69 Å². The Balaban J connectivity index is 1.97. The van der Waals surface area contributed by atoms with Crippen molar-refractivity contribution in [2.45, 2.75) is 25.8 Å². The molecule has 1 aliphatic rings. The lowest BCUT2D eigenvalue weighted by atomic mass is 9.93. The number of hydrogen-bond donors (Lipinski definition) is 0. The first-order chi connectivity index (χ1) is 11.1. The van der Waals surface area contributed by atoms with Gasteiger partial charge in [-0.05, 0) is 60.7 Å². The minimum Gasteiger partial charge on any atom is -0.497 e. The van der Waals surface area contributed by atoms with Crippen molar-refractivity contribution in [1.82, 2.24) is 0 Å². The molecular formula is C19H20ClNO2. The molecule has 0 unspecified atom stereocenters. The fourth-order valence-corrected chi connectivity index (χ4v) is 3.29. The first kappa shape index (κ1) is 15.9. The van der Waals surface area contributed by atoms with Crippen LogP contribution in [0.5, 0.6) is 5.75 Å². The van der Waals surface area contributed by atoms with Gasteiger partial charge in [0.05, 0.1) is 7.11 Å². The standard InChI is InChI=1S/C19H20ClNO2/c1-13-3-4-16-11-15(14-5-8-17(23-2)9-6-14)7-10-18(16)21(13)19(22)12-20/h5-11,13H,3-4,12H2,1-2H3/t13-/m0/s1. The van der Waals surface area contributed by atoms with Gasteiger partial charge in [0.2, 0.25) is 5.91 Å². The number of halogens is 1. The number of carbonyl (C=O) groups excluding carboxylic acids is 1. The molecule has 120 valence electrons. The van der Waals surface area contributed by atoms with Gasteiger partial charge in [0, 0.05) is 11.7 Å². The number of fused-ring (bicyclic) bond motifs is 1. The summed E-state index contributed by atoms with van der Waals surface area (Å²) in [7, 11) is 1.66. The van der Waals surface area contributed by atoms with E-state index in [1.807, 2.05) is 35.2 Å². The first-order valence-corrected chi connectivity index (χ1v) is 8.33. The van der Waals surface area contributed by atoms with Crippen LogP contribution in [0.1, 0.15) is 18.9 Å². The topological polar surface area (TPSA) is 29.5 Å². The Labute approximate surface area is 141 Å². The SMILES string of the molecule is COc1ccc(-c2ccc3c(c2)CC[C@H](C)N3C(=O)CCl)cc1. The third-order valence-corrected chi connectivity index (χ3v) is 4.65. The van der Waals surface area contributed by atoms with Crippen LogP contribution >= 0.6 is 11.6 Å². The number of anilines is 1. The Bertz CT molecular complexity index is 712. The number of hydrogen-bond acceptors (Lipinski definition) is 2. The summed E-state index contributed by atoms with van der Waals surface area (Å²) in [5.74, 6) is 0.834.